The van der Waals surface area contributed by atoms with Crippen molar-refractivity contribution in [1.82, 2.24) is 0 Å². The lowest BCUT2D eigenvalue weighted by Crippen LogP contribution is -1.98. The molecule has 0 aliphatic heterocycles. The number of aliphatic hydroxyl groups excluding tert-OH is 1. The van der Waals surface area contributed by atoms with Gasteiger partial charge >= 0.3 is 0 Å². The van der Waals surface area contributed by atoms with Crippen LogP contribution in [-0.2, 0) is 0 Å². The van der Waals surface area contributed by atoms with Crippen molar-refractivity contribution in [2.24, 2.45) is 0 Å². The van der Waals surface area contributed by atoms with E-state index in [1.807, 2.05) is 6.08 Å². The number of hydrogen-bond acceptors (Lipinski definition) is 3. The van der Waals surface area contributed by atoms with Crippen LogP contribution in [-0.4, -0.2) is 24.6 Å². The van der Waals surface area contributed by atoms with E-state index in [1.54, 1.807) is 37.5 Å². The van der Waals surface area contributed by atoms with Gasteiger partial charge in [0.2, 0.25) is 0 Å². The first kappa shape index (κ1) is 13.5. The maximum Gasteiger partial charge on any atom is 0.162 e. The van der Waals surface area contributed by atoms with Crippen molar-refractivity contribution < 1.29 is 14.6 Å². The smallest absolute Gasteiger partial charge is 0.162 e. The Kier molecular flexibility index (Phi) is 6.04. The van der Waals surface area contributed by atoms with Crippen molar-refractivity contribution in [2.45, 2.75) is 19.3 Å². The Hall–Kier alpha value is -1.61. The zero-order valence-corrected chi connectivity index (χ0v) is 10.1. The largest absolute Gasteiger partial charge is 0.497 e. The third-order valence-electron chi connectivity index (χ3n) is 2.46. The number of allylic oxidation sites excluding steroid dienone is 1. The van der Waals surface area contributed by atoms with Crippen LogP contribution < -0.4 is 4.74 Å². The highest BCUT2D eigenvalue weighted by atomic mass is 16.5. The summed E-state index contributed by atoms with van der Waals surface area (Å²) in [4.78, 5) is 11.8. The SMILES string of the molecule is COc1ccc(C(=O)CCC/C=C\CO)cc1. The number of methoxy groups -OCH3 is 1. The summed E-state index contributed by atoms with van der Waals surface area (Å²) in [7, 11) is 1.60. The highest BCUT2D eigenvalue weighted by Gasteiger charge is 2.04. The summed E-state index contributed by atoms with van der Waals surface area (Å²) >= 11 is 0. The van der Waals surface area contributed by atoms with Crippen LogP contribution in [0.1, 0.15) is 29.6 Å². The van der Waals surface area contributed by atoms with Gasteiger partial charge < -0.3 is 9.84 Å². The van der Waals surface area contributed by atoms with E-state index in [9.17, 15) is 4.79 Å². The molecule has 3 nitrogen and oxygen atoms in total. The summed E-state index contributed by atoms with van der Waals surface area (Å²) in [6.45, 7) is 0.0619. The Morgan fingerprint density at radius 1 is 1.29 bits per heavy atom. The molecule has 17 heavy (non-hydrogen) atoms. The molecule has 0 radical (unpaired) electrons. The number of benzene rings is 1. The predicted octanol–water partition coefficient (Wildman–Crippen LogP) is 2.60. The Bertz CT molecular complexity index is 366. The van der Waals surface area contributed by atoms with Crippen molar-refractivity contribution in [3.05, 3.63) is 42.0 Å². The van der Waals surface area contributed by atoms with E-state index in [0.717, 1.165) is 24.2 Å². The van der Waals surface area contributed by atoms with Crippen LogP contribution in [0.5, 0.6) is 5.75 Å². The minimum atomic E-state index is 0.0619. The molecule has 3 heteroatoms. The maximum atomic E-state index is 11.8. The van der Waals surface area contributed by atoms with Gasteiger partial charge in [0.25, 0.3) is 0 Å². The Morgan fingerprint density at radius 2 is 2.00 bits per heavy atom. The highest BCUT2D eigenvalue weighted by molar-refractivity contribution is 5.96. The van der Waals surface area contributed by atoms with E-state index in [1.165, 1.54) is 0 Å². The van der Waals surface area contributed by atoms with Gasteiger partial charge in [0.15, 0.2) is 5.78 Å². The predicted molar refractivity (Wildman–Crippen MR) is 67.4 cm³/mol. The van der Waals surface area contributed by atoms with Gasteiger partial charge in [-0.15, -0.1) is 0 Å². The lowest BCUT2D eigenvalue weighted by molar-refractivity contribution is 0.0980. The van der Waals surface area contributed by atoms with E-state index < -0.39 is 0 Å². The van der Waals surface area contributed by atoms with Crippen molar-refractivity contribution in [1.29, 1.82) is 0 Å². The first-order chi connectivity index (χ1) is 8.27. The second-order valence-electron chi connectivity index (χ2n) is 3.70. The molecule has 1 N–H and O–H groups in total. The first-order valence-corrected chi connectivity index (χ1v) is 5.71. The van der Waals surface area contributed by atoms with Crippen molar-refractivity contribution in [2.75, 3.05) is 13.7 Å². The second-order valence-corrected chi connectivity index (χ2v) is 3.70. The lowest BCUT2D eigenvalue weighted by atomic mass is 10.1. The minimum absolute atomic E-state index is 0.0619. The molecule has 0 aromatic heterocycles. The van der Waals surface area contributed by atoms with E-state index in [2.05, 4.69) is 0 Å². The van der Waals surface area contributed by atoms with Crippen molar-refractivity contribution in [3.63, 3.8) is 0 Å². The van der Waals surface area contributed by atoms with Crippen LogP contribution in [0.3, 0.4) is 0 Å². The van der Waals surface area contributed by atoms with Crippen LogP contribution in [0, 0.1) is 0 Å². The Morgan fingerprint density at radius 3 is 2.59 bits per heavy atom. The van der Waals surface area contributed by atoms with Crippen LogP contribution in [0.25, 0.3) is 0 Å². The number of hydrogen-bond donors (Lipinski definition) is 1. The number of carbonyl (C=O) groups excluding carboxylic acids is 1. The number of aliphatic hydroxyl groups is 1. The molecule has 92 valence electrons. The normalized spacial score (nSPS) is 10.7. The van der Waals surface area contributed by atoms with Crippen LogP contribution >= 0.6 is 0 Å². The summed E-state index contributed by atoms with van der Waals surface area (Å²) in [5.41, 5.74) is 0.719. The van der Waals surface area contributed by atoms with Gasteiger partial charge in [-0.2, -0.15) is 0 Å². The zero-order valence-electron chi connectivity index (χ0n) is 10.1. The molecule has 0 bridgehead atoms. The third kappa shape index (κ3) is 4.83. The molecular formula is C14H18O3. The number of unbranched alkanes of at least 4 members (excludes halogenated alkanes) is 1. The van der Waals surface area contributed by atoms with Gasteiger partial charge in [-0.05, 0) is 37.1 Å². The summed E-state index contributed by atoms with van der Waals surface area (Å²) < 4.78 is 5.03. The Balaban J connectivity index is 2.38. The quantitative estimate of drug-likeness (QED) is 0.448. The molecule has 1 rings (SSSR count). The molecule has 0 aliphatic carbocycles. The first-order valence-electron chi connectivity index (χ1n) is 5.71. The average molecular weight is 234 g/mol. The third-order valence-corrected chi connectivity index (χ3v) is 2.46. The molecule has 1 aromatic carbocycles. The fourth-order valence-electron chi connectivity index (χ4n) is 1.49. The minimum Gasteiger partial charge on any atom is -0.497 e. The van der Waals surface area contributed by atoms with Crippen molar-refractivity contribution >= 4 is 5.78 Å². The molecule has 0 heterocycles. The van der Waals surface area contributed by atoms with Gasteiger partial charge in [0.05, 0.1) is 13.7 Å². The topological polar surface area (TPSA) is 46.5 Å². The molecule has 0 atom stereocenters. The summed E-state index contributed by atoms with van der Waals surface area (Å²) in [5.74, 6) is 0.900. The van der Waals surface area contributed by atoms with Crippen LogP contribution in [0.15, 0.2) is 36.4 Å². The number of Topliss-reactive ketones (excluding diaryl/α,β-unsaturated/α-hetero) is 1. The molecule has 0 saturated heterocycles. The monoisotopic (exact) mass is 234 g/mol. The molecule has 1 aromatic rings. The maximum absolute atomic E-state index is 11.8. The summed E-state index contributed by atoms with van der Waals surface area (Å²) in [6.07, 6.45) is 5.74. The highest BCUT2D eigenvalue weighted by Crippen LogP contribution is 2.13. The molecule has 0 spiro atoms. The number of carbonyl (C=O) groups is 1. The molecule has 0 saturated carbocycles. The molecule has 0 unspecified atom stereocenters. The number of ether oxygens (including phenoxy) is 1. The molecule has 0 fully saturated rings. The van der Waals surface area contributed by atoms with Crippen molar-refractivity contribution in [3.8, 4) is 5.75 Å². The second kappa shape index (κ2) is 7.63. The fraction of sp³-hybridized carbons (Fsp3) is 0.357. The van der Waals surface area contributed by atoms with Crippen LogP contribution in [0.2, 0.25) is 0 Å². The van der Waals surface area contributed by atoms with E-state index in [-0.39, 0.29) is 12.4 Å². The van der Waals surface area contributed by atoms with Crippen LogP contribution in [0.4, 0.5) is 0 Å². The van der Waals surface area contributed by atoms with Gasteiger partial charge in [-0.1, -0.05) is 12.2 Å². The van der Waals surface area contributed by atoms with Gasteiger partial charge in [0, 0.05) is 12.0 Å². The summed E-state index contributed by atoms with van der Waals surface area (Å²) in [6, 6.07) is 7.15. The standard InChI is InChI=1S/C14H18O3/c1-17-13-9-7-12(8-10-13)14(16)6-4-2-3-5-11-15/h3,5,7-10,15H,2,4,6,11H2,1H3/b5-3-. The van der Waals surface area contributed by atoms with E-state index >= 15 is 0 Å². The zero-order chi connectivity index (χ0) is 12.5. The van der Waals surface area contributed by atoms with E-state index in [0.29, 0.717) is 6.42 Å². The molecule has 0 amide bonds. The fourth-order valence-corrected chi connectivity index (χ4v) is 1.49. The molecule has 0 aliphatic rings. The van der Waals surface area contributed by atoms with E-state index in [4.69, 9.17) is 9.84 Å². The summed E-state index contributed by atoms with van der Waals surface area (Å²) in [5, 5.41) is 8.54. The van der Waals surface area contributed by atoms with Gasteiger partial charge in [0.1, 0.15) is 5.75 Å². The average Bonchev–Trinajstić information content (AvgIpc) is 2.38. The lowest BCUT2D eigenvalue weighted by Gasteiger charge is -2.02. The number of ketones is 1. The number of rotatable bonds is 7. The Labute approximate surface area is 102 Å². The van der Waals surface area contributed by atoms with Gasteiger partial charge in [-0.3, -0.25) is 4.79 Å². The van der Waals surface area contributed by atoms with Gasteiger partial charge in [-0.25, -0.2) is 0 Å². The molecular weight excluding hydrogens is 216 g/mol.